The summed E-state index contributed by atoms with van der Waals surface area (Å²) in [6, 6.07) is 12.3. The summed E-state index contributed by atoms with van der Waals surface area (Å²) in [5.74, 6) is -1.02. The molecular formula is C26H22FN5O5S. The van der Waals surface area contributed by atoms with Gasteiger partial charge in [0.05, 0.1) is 22.6 Å². The van der Waals surface area contributed by atoms with Gasteiger partial charge in [-0.05, 0) is 37.1 Å². The van der Waals surface area contributed by atoms with E-state index in [0.29, 0.717) is 42.9 Å². The Balaban J connectivity index is 1.23. The topological polar surface area (TPSA) is 128 Å². The third kappa shape index (κ3) is 5.02. The van der Waals surface area contributed by atoms with Crippen LogP contribution >= 0.6 is 11.3 Å². The second-order valence-corrected chi connectivity index (χ2v) is 9.63. The zero-order valence-electron chi connectivity index (χ0n) is 20.2. The molecule has 1 fully saturated rings. The Bertz CT molecular complexity index is 1550. The molecule has 1 aliphatic rings. The van der Waals surface area contributed by atoms with E-state index in [-0.39, 0.29) is 23.2 Å². The number of anilines is 1. The average molecular weight is 536 g/mol. The Morgan fingerprint density at radius 2 is 1.89 bits per heavy atom. The number of para-hydroxylation sites is 1. The predicted molar refractivity (Wildman–Crippen MR) is 139 cm³/mol. The first-order chi connectivity index (χ1) is 18.3. The van der Waals surface area contributed by atoms with E-state index in [1.807, 2.05) is 24.3 Å². The Morgan fingerprint density at radius 1 is 1.13 bits per heavy atom. The second-order valence-electron chi connectivity index (χ2n) is 8.74. The molecule has 0 bridgehead atoms. The number of nitro benzene ring substituents is 1. The van der Waals surface area contributed by atoms with Crippen molar-refractivity contribution >= 4 is 45.4 Å². The predicted octanol–water partition coefficient (Wildman–Crippen LogP) is 5.02. The van der Waals surface area contributed by atoms with Crippen molar-refractivity contribution in [3.8, 4) is 5.75 Å². The van der Waals surface area contributed by atoms with Crippen molar-refractivity contribution in [1.29, 1.82) is 0 Å². The fraction of sp³-hybridized carbons (Fsp3) is 0.231. The number of piperidine rings is 1. The van der Waals surface area contributed by atoms with Crippen molar-refractivity contribution < 1.29 is 23.6 Å². The number of thiazole rings is 1. The maximum absolute atomic E-state index is 13.6. The number of methoxy groups -OCH3 is 1. The summed E-state index contributed by atoms with van der Waals surface area (Å²) >= 11 is 1.35. The number of nitrogens with zero attached hydrogens (tertiary/aromatic N) is 4. The summed E-state index contributed by atoms with van der Waals surface area (Å²) in [7, 11) is 1.56. The molecule has 0 aliphatic carbocycles. The van der Waals surface area contributed by atoms with Gasteiger partial charge in [0.25, 0.3) is 11.8 Å². The van der Waals surface area contributed by atoms with Gasteiger partial charge in [0.1, 0.15) is 17.1 Å². The van der Waals surface area contributed by atoms with E-state index < -0.39 is 22.3 Å². The lowest BCUT2D eigenvalue weighted by atomic mass is 9.97. The Hall–Kier alpha value is -4.45. The van der Waals surface area contributed by atoms with Crippen LogP contribution in [0.4, 0.5) is 15.8 Å². The number of amides is 2. The van der Waals surface area contributed by atoms with Gasteiger partial charge >= 0.3 is 5.69 Å². The number of benzene rings is 2. The Kier molecular flexibility index (Phi) is 6.97. The van der Waals surface area contributed by atoms with Crippen molar-refractivity contribution in [3.63, 3.8) is 0 Å². The first-order valence-corrected chi connectivity index (χ1v) is 12.7. The summed E-state index contributed by atoms with van der Waals surface area (Å²) in [5.41, 5.74) is 0.564. The van der Waals surface area contributed by atoms with E-state index >= 15 is 0 Å². The number of pyridine rings is 1. The fourth-order valence-electron chi connectivity index (χ4n) is 4.42. The monoisotopic (exact) mass is 535 g/mol. The number of hydrogen-bond acceptors (Lipinski definition) is 8. The molecule has 2 aromatic carbocycles. The molecule has 1 aliphatic heterocycles. The van der Waals surface area contributed by atoms with Gasteiger partial charge in [0, 0.05) is 47.6 Å². The fourth-order valence-corrected chi connectivity index (χ4v) is 5.39. The van der Waals surface area contributed by atoms with Crippen molar-refractivity contribution in [2.45, 2.75) is 18.8 Å². The molecule has 0 unspecified atom stereocenters. The number of nitrogens with one attached hydrogen (secondary N) is 1. The van der Waals surface area contributed by atoms with Crippen LogP contribution in [0.5, 0.6) is 5.75 Å². The van der Waals surface area contributed by atoms with Crippen LogP contribution in [-0.4, -0.2) is 51.8 Å². The number of carbonyl (C=O) groups excluding carboxylic acids is 2. The number of hydrogen-bond donors (Lipinski definition) is 1. The summed E-state index contributed by atoms with van der Waals surface area (Å²) in [6.07, 6.45) is 1.35. The van der Waals surface area contributed by atoms with Crippen LogP contribution in [0.15, 0.2) is 53.9 Å². The minimum atomic E-state index is -0.982. The van der Waals surface area contributed by atoms with Gasteiger partial charge in [-0.2, -0.15) is 4.39 Å². The normalized spacial score (nSPS) is 13.9. The summed E-state index contributed by atoms with van der Waals surface area (Å²) in [6.45, 7) is 1.03. The van der Waals surface area contributed by atoms with Crippen LogP contribution in [0, 0.1) is 15.9 Å². The zero-order valence-corrected chi connectivity index (χ0v) is 21.0. The molecule has 194 valence electrons. The second kappa shape index (κ2) is 10.5. The van der Waals surface area contributed by atoms with E-state index in [4.69, 9.17) is 4.74 Å². The van der Waals surface area contributed by atoms with Crippen LogP contribution < -0.4 is 10.1 Å². The van der Waals surface area contributed by atoms with Crippen LogP contribution in [0.25, 0.3) is 10.9 Å². The molecule has 0 saturated carbocycles. The minimum Gasteiger partial charge on any atom is -0.496 e. The van der Waals surface area contributed by atoms with Crippen molar-refractivity contribution in [1.82, 2.24) is 14.9 Å². The number of carbonyl (C=O) groups is 2. The van der Waals surface area contributed by atoms with Crippen LogP contribution in [0.1, 0.15) is 44.7 Å². The molecule has 4 aromatic rings. The van der Waals surface area contributed by atoms with Gasteiger partial charge in [-0.15, -0.1) is 11.3 Å². The zero-order chi connectivity index (χ0) is 26.8. The molecule has 1 N–H and O–H groups in total. The Morgan fingerprint density at radius 3 is 2.63 bits per heavy atom. The third-order valence-corrected chi connectivity index (χ3v) is 7.41. The molecule has 2 amide bonds. The SMILES string of the molecule is COc1cc(C(=O)N2CCC(c3nc(C(=O)Nc4ccc(F)c([N+](=O)[O-])c4)cs3)CC2)nc2ccccc12. The number of rotatable bonds is 6. The first kappa shape index (κ1) is 25.2. The van der Waals surface area contributed by atoms with E-state index in [2.05, 4.69) is 15.3 Å². The average Bonchev–Trinajstić information content (AvgIpc) is 3.43. The lowest BCUT2D eigenvalue weighted by Gasteiger charge is -2.31. The summed E-state index contributed by atoms with van der Waals surface area (Å²) < 4.78 is 19.0. The van der Waals surface area contributed by atoms with E-state index in [1.165, 1.54) is 17.4 Å². The molecule has 1 saturated heterocycles. The molecule has 12 heteroatoms. The van der Waals surface area contributed by atoms with E-state index in [9.17, 15) is 24.1 Å². The van der Waals surface area contributed by atoms with Crippen molar-refractivity contribution in [2.24, 2.45) is 0 Å². The van der Waals surface area contributed by atoms with Gasteiger partial charge in [-0.3, -0.25) is 19.7 Å². The number of nitro groups is 1. The smallest absolute Gasteiger partial charge is 0.306 e. The highest BCUT2D eigenvalue weighted by molar-refractivity contribution is 7.10. The number of ether oxygens (including phenoxy) is 1. The standard InChI is InChI=1S/C26H22FN5O5S/c1-37-23-13-20(29-19-5-3-2-4-17(19)23)26(34)31-10-8-15(9-11-31)25-30-21(14-38-25)24(33)28-16-6-7-18(27)22(12-16)32(35)36/h2-7,12-15H,8-11H2,1H3,(H,28,33). The highest BCUT2D eigenvalue weighted by Gasteiger charge is 2.28. The van der Waals surface area contributed by atoms with Gasteiger partial charge in [0.15, 0.2) is 0 Å². The molecule has 0 radical (unpaired) electrons. The van der Waals surface area contributed by atoms with Crippen molar-refractivity contribution in [3.05, 3.63) is 86.2 Å². The van der Waals surface area contributed by atoms with Crippen molar-refractivity contribution in [2.75, 3.05) is 25.5 Å². The molecule has 3 heterocycles. The molecule has 2 aromatic heterocycles. The molecular weight excluding hydrogens is 513 g/mol. The van der Waals surface area contributed by atoms with E-state index in [0.717, 1.165) is 22.5 Å². The van der Waals surface area contributed by atoms with Crippen LogP contribution in [0.2, 0.25) is 0 Å². The first-order valence-electron chi connectivity index (χ1n) is 11.8. The summed E-state index contributed by atoms with van der Waals surface area (Å²) in [5, 5.41) is 16.7. The number of halogens is 1. The lowest BCUT2D eigenvalue weighted by molar-refractivity contribution is -0.387. The minimum absolute atomic E-state index is 0.0802. The maximum Gasteiger partial charge on any atom is 0.306 e. The third-order valence-electron chi connectivity index (χ3n) is 6.40. The number of likely N-dealkylation sites (tertiary alicyclic amines) is 1. The molecule has 38 heavy (non-hydrogen) atoms. The quantitative estimate of drug-likeness (QED) is 0.271. The van der Waals surface area contributed by atoms with Crippen LogP contribution in [-0.2, 0) is 0 Å². The van der Waals surface area contributed by atoms with Gasteiger partial charge < -0.3 is 15.0 Å². The number of fused-ring (bicyclic) bond motifs is 1. The highest BCUT2D eigenvalue weighted by Crippen LogP contribution is 2.32. The molecule has 0 spiro atoms. The van der Waals surface area contributed by atoms with E-state index in [1.54, 1.807) is 23.5 Å². The summed E-state index contributed by atoms with van der Waals surface area (Å²) in [4.78, 5) is 46.6. The molecule has 10 nitrogen and oxygen atoms in total. The molecule has 0 atom stereocenters. The largest absolute Gasteiger partial charge is 0.496 e. The Labute approximate surface area is 220 Å². The highest BCUT2D eigenvalue weighted by atomic mass is 32.1. The van der Waals surface area contributed by atoms with Gasteiger partial charge in [-0.25, -0.2) is 9.97 Å². The lowest BCUT2D eigenvalue weighted by Crippen LogP contribution is -2.38. The number of aromatic nitrogens is 2. The van der Waals surface area contributed by atoms with Gasteiger partial charge in [0.2, 0.25) is 5.82 Å². The maximum atomic E-state index is 13.6. The van der Waals surface area contributed by atoms with Gasteiger partial charge in [-0.1, -0.05) is 12.1 Å². The molecule has 5 rings (SSSR count). The van der Waals surface area contributed by atoms with Crippen LogP contribution in [0.3, 0.4) is 0 Å².